The summed E-state index contributed by atoms with van der Waals surface area (Å²) < 4.78 is 12.9. The molecule has 3 rings (SSSR count). The van der Waals surface area contributed by atoms with E-state index in [1.807, 2.05) is 29.2 Å². The number of hydrogen-bond acceptors (Lipinski definition) is 3. The number of carbonyl (C=O) groups is 2. The number of amides is 2. The lowest BCUT2D eigenvalue weighted by Crippen LogP contribution is -2.48. The van der Waals surface area contributed by atoms with Crippen molar-refractivity contribution in [3.8, 4) is 0 Å². The van der Waals surface area contributed by atoms with Crippen LogP contribution < -0.4 is 5.32 Å². The number of nitrogens with zero attached hydrogens (tertiary/aromatic N) is 2. The number of benzene rings is 2. The first-order chi connectivity index (χ1) is 14.0. The van der Waals surface area contributed by atoms with Gasteiger partial charge in [0.1, 0.15) is 5.82 Å². The van der Waals surface area contributed by atoms with Crippen LogP contribution in [0.1, 0.15) is 28.8 Å². The fraction of sp³-hybridized carbons (Fsp3) is 0.364. The Morgan fingerprint density at radius 2 is 1.62 bits per heavy atom. The molecule has 2 aromatic rings. The zero-order chi connectivity index (χ0) is 20.6. The molecule has 0 bridgehead atoms. The second-order valence-corrected chi connectivity index (χ2v) is 7.59. The minimum absolute atomic E-state index is 0.118. The molecule has 0 atom stereocenters. The van der Waals surface area contributed by atoms with Crippen LogP contribution in [0.15, 0.2) is 48.5 Å². The molecule has 1 fully saturated rings. The number of rotatable bonds is 7. The van der Waals surface area contributed by atoms with Crippen LogP contribution in [0.5, 0.6) is 0 Å². The van der Waals surface area contributed by atoms with Crippen LogP contribution in [0, 0.1) is 5.82 Å². The lowest BCUT2D eigenvalue weighted by Gasteiger charge is -2.34. The van der Waals surface area contributed by atoms with Crippen LogP contribution in [0.25, 0.3) is 0 Å². The maximum Gasteiger partial charge on any atom is 0.251 e. The van der Waals surface area contributed by atoms with Gasteiger partial charge in [0.15, 0.2) is 0 Å². The van der Waals surface area contributed by atoms with Crippen LogP contribution in [-0.2, 0) is 11.3 Å². The molecule has 2 aromatic carbocycles. The zero-order valence-corrected chi connectivity index (χ0v) is 17.0. The largest absolute Gasteiger partial charge is 0.352 e. The van der Waals surface area contributed by atoms with Crippen LogP contribution >= 0.6 is 11.6 Å². The van der Waals surface area contributed by atoms with Gasteiger partial charge in [-0.05, 0) is 48.4 Å². The summed E-state index contributed by atoms with van der Waals surface area (Å²) in [5.41, 5.74) is 1.63. The predicted octanol–water partition coefficient (Wildman–Crippen LogP) is 3.33. The summed E-state index contributed by atoms with van der Waals surface area (Å²) in [6.07, 6.45) is 0.984. The molecule has 29 heavy (non-hydrogen) atoms. The second-order valence-electron chi connectivity index (χ2n) is 7.15. The zero-order valence-electron chi connectivity index (χ0n) is 16.2. The van der Waals surface area contributed by atoms with Crippen molar-refractivity contribution >= 4 is 23.4 Å². The Bertz CT molecular complexity index is 819. The van der Waals surface area contributed by atoms with Gasteiger partial charge < -0.3 is 10.2 Å². The van der Waals surface area contributed by atoms with Gasteiger partial charge in [-0.3, -0.25) is 14.5 Å². The summed E-state index contributed by atoms with van der Waals surface area (Å²) in [5.74, 6) is -0.513. The molecule has 0 aliphatic carbocycles. The highest BCUT2D eigenvalue weighted by Crippen LogP contribution is 2.13. The molecule has 2 amide bonds. The van der Waals surface area contributed by atoms with Gasteiger partial charge in [-0.1, -0.05) is 23.7 Å². The minimum Gasteiger partial charge on any atom is -0.352 e. The minimum atomic E-state index is -0.375. The SMILES string of the molecule is O=C(NCCCC(=O)N1CCN(Cc2ccc(Cl)cc2)CC1)c1ccc(F)cc1. The highest BCUT2D eigenvalue weighted by atomic mass is 35.5. The predicted molar refractivity (Wildman–Crippen MR) is 111 cm³/mol. The summed E-state index contributed by atoms with van der Waals surface area (Å²) in [6.45, 7) is 4.39. The quantitative estimate of drug-likeness (QED) is 0.703. The molecule has 0 spiro atoms. The van der Waals surface area contributed by atoms with E-state index in [0.29, 0.717) is 38.0 Å². The molecule has 5 nitrogen and oxygen atoms in total. The molecule has 154 valence electrons. The second kappa shape index (κ2) is 10.4. The summed E-state index contributed by atoms with van der Waals surface area (Å²) in [6, 6.07) is 13.2. The Kier molecular flexibility index (Phi) is 7.61. The molecular weight excluding hydrogens is 393 g/mol. The van der Waals surface area contributed by atoms with Gasteiger partial charge in [0, 0.05) is 56.3 Å². The molecule has 1 N–H and O–H groups in total. The van der Waals surface area contributed by atoms with E-state index in [9.17, 15) is 14.0 Å². The average molecular weight is 418 g/mol. The van der Waals surface area contributed by atoms with E-state index in [1.165, 1.54) is 29.8 Å². The first-order valence-corrected chi connectivity index (χ1v) is 10.2. The van der Waals surface area contributed by atoms with Gasteiger partial charge in [0.2, 0.25) is 5.91 Å². The van der Waals surface area contributed by atoms with Crippen molar-refractivity contribution in [1.82, 2.24) is 15.1 Å². The van der Waals surface area contributed by atoms with E-state index in [0.717, 1.165) is 24.7 Å². The number of hydrogen-bond donors (Lipinski definition) is 1. The normalized spacial score (nSPS) is 14.6. The fourth-order valence-corrected chi connectivity index (χ4v) is 3.43. The lowest BCUT2D eigenvalue weighted by atomic mass is 10.2. The van der Waals surface area contributed by atoms with Crippen molar-refractivity contribution < 1.29 is 14.0 Å². The van der Waals surface area contributed by atoms with Gasteiger partial charge in [-0.25, -0.2) is 4.39 Å². The van der Waals surface area contributed by atoms with Crippen molar-refractivity contribution in [2.75, 3.05) is 32.7 Å². The summed E-state index contributed by atoms with van der Waals surface area (Å²) >= 11 is 5.92. The molecule has 1 aliphatic heterocycles. The van der Waals surface area contributed by atoms with Crippen LogP contribution in [-0.4, -0.2) is 54.3 Å². The van der Waals surface area contributed by atoms with Gasteiger partial charge >= 0.3 is 0 Å². The molecule has 7 heteroatoms. The molecule has 1 aliphatic rings. The molecule has 0 saturated carbocycles. The molecule has 1 heterocycles. The van der Waals surface area contributed by atoms with Gasteiger partial charge in [-0.15, -0.1) is 0 Å². The van der Waals surface area contributed by atoms with Gasteiger partial charge in [0.25, 0.3) is 5.91 Å². The van der Waals surface area contributed by atoms with E-state index in [1.54, 1.807) is 0 Å². The molecule has 1 saturated heterocycles. The highest BCUT2D eigenvalue weighted by molar-refractivity contribution is 6.30. The Balaban J connectivity index is 1.33. The van der Waals surface area contributed by atoms with Crippen LogP contribution in [0.2, 0.25) is 5.02 Å². The van der Waals surface area contributed by atoms with Gasteiger partial charge in [0.05, 0.1) is 0 Å². The number of carbonyl (C=O) groups excluding carboxylic acids is 2. The van der Waals surface area contributed by atoms with E-state index in [-0.39, 0.29) is 17.6 Å². The van der Waals surface area contributed by atoms with Crippen molar-refractivity contribution in [3.05, 3.63) is 70.5 Å². The van der Waals surface area contributed by atoms with E-state index >= 15 is 0 Å². The van der Waals surface area contributed by atoms with Crippen molar-refractivity contribution in [2.24, 2.45) is 0 Å². The average Bonchev–Trinajstić information content (AvgIpc) is 2.73. The third-order valence-electron chi connectivity index (χ3n) is 5.00. The summed E-state index contributed by atoms with van der Waals surface area (Å²) in [5, 5.41) is 3.50. The van der Waals surface area contributed by atoms with Crippen molar-refractivity contribution in [3.63, 3.8) is 0 Å². The Morgan fingerprint density at radius 3 is 2.28 bits per heavy atom. The highest BCUT2D eigenvalue weighted by Gasteiger charge is 2.20. The van der Waals surface area contributed by atoms with E-state index in [4.69, 9.17) is 11.6 Å². The van der Waals surface area contributed by atoms with Crippen molar-refractivity contribution in [1.29, 1.82) is 0 Å². The topological polar surface area (TPSA) is 52.7 Å². The molecular formula is C22H25ClFN3O2. The summed E-state index contributed by atoms with van der Waals surface area (Å²) in [4.78, 5) is 28.6. The number of halogens is 2. The summed E-state index contributed by atoms with van der Waals surface area (Å²) in [7, 11) is 0. The van der Waals surface area contributed by atoms with Crippen molar-refractivity contribution in [2.45, 2.75) is 19.4 Å². The standard InChI is InChI=1S/C22H25ClFN3O2/c23-19-7-3-17(4-8-19)16-26-12-14-27(15-13-26)21(28)2-1-11-25-22(29)18-5-9-20(24)10-6-18/h3-10H,1-2,11-16H2,(H,25,29). The first-order valence-electron chi connectivity index (χ1n) is 9.79. The monoisotopic (exact) mass is 417 g/mol. The van der Waals surface area contributed by atoms with E-state index < -0.39 is 0 Å². The molecule has 0 radical (unpaired) electrons. The Morgan fingerprint density at radius 1 is 0.966 bits per heavy atom. The number of piperazine rings is 1. The van der Waals surface area contributed by atoms with Crippen LogP contribution in [0.4, 0.5) is 4.39 Å². The van der Waals surface area contributed by atoms with E-state index in [2.05, 4.69) is 10.2 Å². The third kappa shape index (κ3) is 6.54. The smallest absolute Gasteiger partial charge is 0.251 e. The maximum absolute atomic E-state index is 12.9. The third-order valence-corrected chi connectivity index (χ3v) is 5.26. The van der Waals surface area contributed by atoms with Crippen LogP contribution in [0.3, 0.4) is 0 Å². The number of nitrogens with one attached hydrogen (secondary N) is 1. The Hall–Kier alpha value is -2.44. The Labute approximate surface area is 175 Å². The molecule has 0 aromatic heterocycles. The molecule has 0 unspecified atom stereocenters. The fourth-order valence-electron chi connectivity index (χ4n) is 3.31. The maximum atomic E-state index is 12.9. The van der Waals surface area contributed by atoms with Gasteiger partial charge in [-0.2, -0.15) is 0 Å². The lowest BCUT2D eigenvalue weighted by molar-refractivity contribution is -0.133. The first kappa shape index (κ1) is 21.3.